The van der Waals surface area contributed by atoms with E-state index in [4.69, 9.17) is 11.2 Å². The smallest absolute Gasteiger partial charge is 0.407 e. The summed E-state index contributed by atoms with van der Waals surface area (Å²) in [5, 5.41) is 2.80. The molecule has 0 aromatic heterocycles. The van der Waals surface area contributed by atoms with Crippen LogP contribution in [0, 0.1) is 18.3 Å². The Kier molecular flexibility index (Phi) is 4.77. The maximum atomic E-state index is 11.6. The van der Waals surface area contributed by atoms with Gasteiger partial charge in [0.05, 0.1) is 0 Å². The molecular formula is C14H21NO3. The Hall–Kier alpha value is -1.50. The summed E-state index contributed by atoms with van der Waals surface area (Å²) in [7, 11) is 0. The predicted molar refractivity (Wildman–Crippen MR) is 69.0 cm³/mol. The van der Waals surface area contributed by atoms with E-state index in [0.29, 0.717) is 6.42 Å². The van der Waals surface area contributed by atoms with Crippen molar-refractivity contribution in [3.8, 4) is 12.3 Å². The number of amides is 1. The summed E-state index contributed by atoms with van der Waals surface area (Å²) in [4.78, 5) is 23.1. The predicted octanol–water partition coefficient (Wildman–Crippen LogP) is 2.27. The maximum Gasteiger partial charge on any atom is 0.407 e. The van der Waals surface area contributed by atoms with Crippen LogP contribution >= 0.6 is 0 Å². The largest absolute Gasteiger partial charge is 0.444 e. The van der Waals surface area contributed by atoms with E-state index < -0.39 is 11.7 Å². The monoisotopic (exact) mass is 251 g/mol. The molecule has 1 fully saturated rings. The maximum absolute atomic E-state index is 11.6. The Morgan fingerprint density at radius 2 is 2.00 bits per heavy atom. The molecule has 2 atom stereocenters. The molecule has 0 spiro atoms. The SMILES string of the molecule is C#CC(=O)[C@@H]1CCC[C@@H](NC(=O)OC(C)(C)C)C1. The van der Waals surface area contributed by atoms with E-state index in [1.54, 1.807) is 0 Å². The van der Waals surface area contributed by atoms with E-state index in [1.807, 2.05) is 20.8 Å². The Morgan fingerprint density at radius 3 is 2.56 bits per heavy atom. The first-order chi connectivity index (χ1) is 8.31. The number of carbonyl (C=O) groups excluding carboxylic acids is 2. The lowest BCUT2D eigenvalue weighted by Crippen LogP contribution is -2.42. The van der Waals surface area contributed by atoms with Crippen molar-refractivity contribution in [2.45, 2.75) is 58.1 Å². The minimum absolute atomic E-state index is 0.0177. The van der Waals surface area contributed by atoms with Crippen LogP contribution < -0.4 is 5.32 Å². The van der Waals surface area contributed by atoms with E-state index >= 15 is 0 Å². The van der Waals surface area contributed by atoms with Crippen LogP contribution in [0.25, 0.3) is 0 Å². The van der Waals surface area contributed by atoms with Crippen LogP contribution in [-0.2, 0) is 9.53 Å². The van der Waals surface area contributed by atoms with Crippen molar-refractivity contribution in [2.75, 3.05) is 0 Å². The fraction of sp³-hybridized carbons (Fsp3) is 0.714. The summed E-state index contributed by atoms with van der Waals surface area (Å²) >= 11 is 0. The number of hydrogen-bond donors (Lipinski definition) is 1. The molecule has 0 radical (unpaired) electrons. The number of ketones is 1. The zero-order valence-electron chi connectivity index (χ0n) is 11.3. The first-order valence-corrected chi connectivity index (χ1v) is 6.32. The summed E-state index contributed by atoms with van der Waals surface area (Å²) in [6.07, 6.45) is 7.89. The lowest BCUT2D eigenvalue weighted by molar-refractivity contribution is -0.118. The Labute approximate surface area is 108 Å². The molecule has 1 amide bonds. The summed E-state index contributed by atoms with van der Waals surface area (Å²) in [6, 6.07) is -0.0177. The molecule has 1 aliphatic carbocycles. The van der Waals surface area contributed by atoms with Gasteiger partial charge in [-0.15, -0.1) is 6.42 Å². The number of hydrogen-bond acceptors (Lipinski definition) is 3. The van der Waals surface area contributed by atoms with E-state index in [0.717, 1.165) is 19.3 Å². The normalized spacial score (nSPS) is 23.9. The molecule has 0 aliphatic heterocycles. The number of carbonyl (C=O) groups is 2. The second-order valence-electron chi connectivity index (χ2n) is 5.72. The van der Waals surface area contributed by atoms with Crippen LogP contribution in [0.3, 0.4) is 0 Å². The standard InChI is InChI=1S/C14H21NO3/c1-5-12(16)10-7-6-8-11(9-10)15-13(17)18-14(2,3)4/h1,10-11H,6-9H2,2-4H3,(H,15,17)/t10-,11-/m1/s1. The fourth-order valence-electron chi connectivity index (χ4n) is 2.15. The number of terminal acetylenes is 1. The van der Waals surface area contributed by atoms with Crippen molar-refractivity contribution in [3.63, 3.8) is 0 Å². The minimum Gasteiger partial charge on any atom is -0.444 e. The number of alkyl carbamates (subject to hydrolysis) is 1. The van der Waals surface area contributed by atoms with Crippen molar-refractivity contribution >= 4 is 11.9 Å². The molecule has 1 saturated carbocycles. The summed E-state index contributed by atoms with van der Waals surface area (Å²) in [5.74, 6) is 1.88. The van der Waals surface area contributed by atoms with Gasteiger partial charge in [0.2, 0.25) is 5.78 Å². The van der Waals surface area contributed by atoms with Crippen LogP contribution in [0.5, 0.6) is 0 Å². The molecule has 100 valence electrons. The molecule has 4 nitrogen and oxygen atoms in total. The van der Waals surface area contributed by atoms with Crippen molar-refractivity contribution in [2.24, 2.45) is 5.92 Å². The molecule has 0 bridgehead atoms. The Bertz CT molecular complexity index is 362. The highest BCUT2D eigenvalue weighted by atomic mass is 16.6. The second kappa shape index (κ2) is 5.90. The average molecular weight is 251 g/mol. The molecule has 0 heterocycles. The van der Waals surface area contributed by atoms with Crippen LogP contribution in [0.15, 0.2) is 0 Å². The molecular weight excluding hydrogens is 230 g/mol. The summed E-state index contributed by atoms with van der Waals surface area (Å²) in [5.41, 5.74) is -0.507. The van der Waals surface area contributed by atoms with Crippen LogP contribution in [0.2, 0.25) is 0 Å². The van der Waals surface area contributed by atoms with Crippen molar-refractivity contribution in [1.82, 2.24) is 5.32 Å². The van der Waals surface area contributed by atoms with E-state index in [9.17, 15) is 9.59 Å². The van der Waals surface area contributed by atoms with Crippen LogP contribution in [-0.4, -0.2) is 23.5 Å². The number of nitrogens with one attached hydrogen (secondary N) is 1. The van der Waals surface area contributed by atoms with Gasteiger partial charge in [-0.3, -0.25) is 4.79 Å². The van der Waals surface area contributed by atoms with Gasteiger partial charge in [0.15, 0.2) is 0 Å². The van der Waals surface area contributed by atoms with Crippen molar-refractivity contribution in [3.05, 3.63) is 0 Å². The zero-order chi connectivity index (χ0) is 13.8. The first-order valence-electron chi connectivity index (χ1n) is 6.32. The first kappa shape index (κ1) is 14.6. The molecule has 1 aliphatic rings. The van der Waals surface area contributed by atoms with Gasteiger partial charge in [0, 0.05) is 12.0 Å². The minimum atomic E-state index is -0.507. The van der Waals surface area contributed by atoms with Gasteiger partial charge in [0.25, 0.3) is 0 Å². The fourth-order valence-corrected chi connectivity index (χ4v) is 2.15. The van der Waals surface area contributed by atoms with Gasteiger partial charge in [0.1, 0.15) is 5.60 Å². The quantitative estimate of drug-likeness (QED) is 0.605. The van der Waals surface area contributed by atoms with Crippen molar-refractivity contribution in [1.29, 1.82) is 0 Å². The molecule has 1 rings (SSSR count). The molecule has 4 heteroatoms. The number of rotatable bonds is 2. The molecule has 0 aromatic rings. The van der Waals surface area contributed by atoms with E-state index in [1.165, 1.54) is 0 Å². The van der Waals surface area contributed by atoms with Crippen LogP contribution in [0.4, 0.5) is 4.79 Å². The van der Waals surface area contributed by atoms with Gasteiger partial charge < -0.3 is 10.1 Å². The summed E-state index contributed by atoms with van der Waals surface area (Å²) in [6.45, 7) is 5.45. The van der Waals surface area contributed by atoms with Crippen LogP contribution in [0.1, 0.15) is 46.5 Å². The second-order valence-corrected chi connectivity index (χ2v) is 5.72. The third-order valence-corrected chi connectivity index (χ3v) is 2.91. The highest BCUT2D eigenvalue weighted by Crippen LogP contribution is 2.25. The molecule has 0 unspecified atom stereocenters. The zero-order valence-corrected chi connectivity index (χ0v) is 11.3. The summed E-state index contributed by atoms with van der Waals surface area (Å²) < 4.78 is 5.19. The molecule has 1 N–H and O–H groups in total. The Balaban J connectivity index is 2.46. The van der Waals surface area contributed by atoms with Gasteiger partial charge in [-0.25, -0.2) is 4.79 Å². The van der Waals surface area contributed by atoms with E-state index in [-0.39, 0.29) is 17.7 Å². The third-order valence-electron chi connectivity index (χ3n) is 2.91. The topological polar surface area (TPSA) is 55.4 Å². The van der Waals surface area contributed by atoms with Gasteiger partial charge in [-0.1, -0.05) is 6.42 Å². The molecule has 0 aromatic carbocycles. The lowest BCUT2D eigenvalue weighted by atomic mass is 9.83. The highest BCUT2D eigenvalue weighted by molar-refractivity contribution is 5.96. The molecule has 18 heavy (non-hydrogen) atoms. The van der Waals surface area contributed by atoms with Gasteiger partial charge >= 0.3 is 6.09 Å². The van der Waals surface area contributed by atoms with Gasteiger partial charge in [-0.2, -0.15) is 0 Å². The third kappa shape index (κ3) is 4.79. The van der Waals surface area contributed by atoms with Crippen molar-refractivity contribution < 1.29 is 14.3 Å². The number of ether oxygens (including phenoxy) is 1. The van der Waals surface area contributed by atoms with Gasteiger partial charge in [-0.05, 0) is 46.0 Å². The average Bonchev–Trinajstić information content (AvgIpc) is 2.25. The number of Topliss-reactive ketones (excluding diaryl/α,β-unsaturated/α-hetero) is 1. The Morgan fingerprint density at radius 1 is 1.33 bits per heavy atom. The highest BCUT2D eigenvalue weighted by Gasteiger charge is 2.28. The lowest BCUT2D eigenvalue weighted by Gasteiger charge is -2.29. The van der Waals surface area contributed by atoms with E-state index in [2.05, 4.69) is 11.2 Å². The molecule has 0 saturated heterocycles.